The van der Waals surface area contributed by atoms with Crippen LogP contribution in [0.1, 0.15) is 24.0 Å². The molecular weight excluding hydrogens is 318 g/mol. The van der Waals surface area contributed by atoms with E-state index in [9.17, 15) is 9.90 Å². The first kappa shape index (κ1) is 17.4. The fraction of sp³-hybridized carbons (Fsp3) is 0.421. The van der Waals surface area contributed by atoms with Crippen LogP contribution in [0.2, 0.25) is 0 Å². The minimum atomic E-state index is -0.785. The van der Waals surface area contributed by atoms with Crippen LogP contribution in [0, 0.1) is 12.8 Å². The molecule has 1 aliphatic rings. The maximum absolute atomic E-state index is 11.3. The zero-order chi connectivity index (χ0) is 17.6. The highest BCUT2D eigenvalue weighted by Crippen LogP contribution is 2.26. The molecule has 6 heteroatoms. The van der Waals surface area contributed by atoms with Crippen LogP contribution in [-0.2, 0) is 11.3 Å². The van der Waals surface area contributed by atoms with E-state index in [4.69, 9.17) is 4.74 Å². The van der Waals surface area contributed by atoms with E-state index in [2.05, 4.69) is 21.8 Å². The lowest BCUT2D eigenvalue weighted by Crippen LogP contribution is -2.46. The topological polar surface area (TPSA) is 75.5 Å². The lowest BCUT2D eigenvalue weighted by molar-refractivity contribution is -0.139. The first-order valence-electron chi connectivity index (χ1n) is 8.52. The van der Waals surface area contributed by atoms with Gasteiger partial charge in [-0.2, -0.15) is 0 Å². The molecule has 3 heterocycles. The number of aromatic nitrogens is 2. The van der Waals surface area contributed by atoms with Gasteiger partial charge < -0.3 is 9.84 Å². The van der Waals surface area contributed by atoms with Crippen molar-refractivity contribution in [2.24, 2.45) is 5.92 Å². The van der Waals surface area contributed by atoms with Gasteiger partial charge in [0.2, 0.25) is 0 Å². The van der Waals surface area contributed by atoms with Crippen molar-refractivity contribution in [1.29, 1.82) is 0 Å². The molecule has 132 valence electrons. The number of carboxylic acid groups (broad SMARTS) is 1. The van der Waals surface area contributed by atoms with E-state index in [1.165, 1.54) is 5.56 Å². The fourth-order valence-corrected chi connectivity index (χ4v) is 3.32. The third-order valence-corrected chi connectivity index (χ3v) is 4.64. The van der Waals surface area contributed by atoms with E-state index in [1.807, 2.05) is 24.4 Å². The first-order valence-corrected chi connectivity index (χ1v) is 8.52. The number of pyridine rings is 2. The number of hydrogen-bond acceptors (Lipinski definition) is 5. The SMILES string of the molecule is Cc1cnccc1CN1CC[C@@H](Oc2cccnc2)[C@H](CC(=O)O)C1. The van der Waals surface area contributed by atoms with Crippen LogP contribution < -0.4 is 4.74 Å². The average molecular weight is 341 g/mol. The van der Waals surface area contributed by atoms with Crippen LogP contribution in [0.4, 0.5) is 0 Å². The van der Waals surface area contributed by atoms with Crippen LogP contribution in [0.5, 0.6) is 5.75 Å². The number of aryl methyl sites for hydroxylation is 1. The highest BCUT2D eigenvalue weighted by atomic mass is 16.5. The normalized spacial score (nSPS) is 21.0. The quantitative estimate of drug-likeness (QED) is 0.870. The van der Waals surface area contributed by atoms with Crippen LogP contribution in [0.3, 0.4) is 0 Å². The van der Waals surface area contributed by atoms with Gasteiger partial charge in [-0.15, -0.1) is 0 Å². The molecule has 0 spiro atoms. The van der Waals surface area contributed by atoms with E-state index in [1.54, 1.807) is 18.6 Å². The summed E-state index contributed by atoms with van der Waals surface area (Å²) in [5, 5.41) is 9.28. The Morgan fingerprint density at radius 3 is 2.88 bits per heavy atom. The van der Waals surface area contributed by atoms with Gasteiger partial charge in [0, 0.05) is 44.1 Å². The highest BCUT2D eigenvalue weighted by Gasteiger charge is 2.32. The van der Waals surface area contributed by atoms with Gasteiger partial charge in [0.05, 0.1) is 12.6 Å². The zero-order valence-corrected chi connectivity index (χ0v) is 14.3. The second-order valence-corrected chi connectivity index (χ2v) is 6.53. The van der Waals surface area contributed by atoms with Crippen LogP contribution >= 0.6 is 0 Å². The number of carboxylic acids is 1. The Labute approximate surface area is 147 Å². The van der Waals surface area contributed by atoms with Crippen molar-refractivity contribution < 1.29 is 14.6 Å². The summed E-state index contributed by atoms with van der Waals surface area (Å²) in [6.07, 6.45) is 7.84. The van der Waals surface area contributed by atoms with Gasteiger partial charge in [-0.3, -0.25) is 19.7 Å². The molecule has 2 aromatic heterocycles. The van der Waals surface area contributed by atoms with Crippen LogP contribution in [-0.4, -0.2) is 45.1 Å². The summed E-state index contributed by atoms with van der Waals surface area (Å²) in [4.78, 5) is 21.8. The van der Waals surface area contributed by atoms with Gasteiger partial charge in [0.25, 0.3) is 0 Å². The average Bonchev–Trinajstić information content (AvgIpc) is 2.60. The van der Waals surface area contributed by atoms with Crippen molar-refractivity contribution in [3.8, 4) is 5.75 Å². The van der Waals surface area contributed by atoms with Crippen molar-refractivity contribution in [2.75, 3.05) is 13.1 Å². The maximum atomic E-state index is 11.3. The highest BCUT2D eigenvalue weighted by molar-refractivity contribution is 5.67. The number of aliphatic carboxylic acids is 1. The molecule has 0 aliphatic carbocycles. The number of ether oxygens (including phenoxy) is 1. The molecule has 2 atom stereocenters. The van der Waals surface area contributed by atoms with Crippen molar-refractivity contribution in [1.82, 2.24) is 14.9 Å². The second-order valence-electron chi connectivity index (χ2n) is 6.53. The first-order chi connectivity index (χ1) is 12.1. The summed E-state index contributed by atoms with van der Waals surface area (Å²) < 4.78 is 6.03. The van der Waals surface area contributed by atoms with Crippen molar-refractivity contribution in [2.45, 2.75) is 32.4 Å². The van der Waals surface area contributed by atoms with Crippen LogP contribution in [0.25, 0.3) is 0 Å². The molecular formula is C19H23N3O3. The molecule has 6 nitrogen and oxygen atoms in total. The van der Waals surface area contributed by atoms with E-state index in [0.717, 1.165) is 25.1 Å². The fourth-order valence-electron chi connectivity index (χ4n) is 3.32. The Morgan fingerprint density at radius 1 is 1.32 bits per heavy atom. The smallest absolute Gasteiger partial charge is 0.303 e. The minimum absolute atomic E-state index is 0.0476. The van der Waals surface area contributed by atoms with Gasteiger partial charge in [-0.25, -0.2) is 0 Å². The summed E-state index contributed by atoms with van der Waals surface area (Å²) in [5.41, 5.74) is 2.39. The number of hydrogen-bond donors (Lipinski definition) is 1. The Balaban J connectivity index is 1.67. The lowest BCUT2D eigenvalue weighted by Gasteiger charge is -2.38. The molecule has 0 saturated carbocycles. The molecule has 0 unspecified atom stereocenters. The third kappa shape index (κ3) is 4.76. The van der Waals surface area contributed by atoms with Gasteiger partial charge in [0.15, 0.2) is 0 Å². The standard InChI is InChI=1S/C19H23N3O3/c1-14-10-21-7-4-15(14)12-22-8-5-18(16(13-22)9-19(23)24)25-17-3-2-6-20-11-17/h2-4,6-7,10-11,16,18H,5,8-9,12-13H2,1H3,(H,23,24)/t16-,18-/m1/s1. The van der Waals surface area contributed by atoms with E-state index >= 15 is 0 Å². The van der Waals surface area contributed by atoms with Crippen molar-refractivity contribution >= 4 is 5.97 Å². The Hall–Kier alpha value is -2.47. The predicted molar refractivity (Wildman–Crippen MR) is 93.3 cm³/mol. The zero-order valence-electron chi connectivity index (χ0n) is 14.3. The number of piperidine rings is 1. The number of rotatable bonds is 6. The molecule has 0 bridgehead atoms. The van der Waals surface area contributed by atoms with Gasteiger partial charge in [0.1, 0.15) is 11.9 Å². The number of carbonyl (C=O) groups is 1. The Morgan fingerprint density at radius 2 is 2.16 bits per heavy atom. The van der Waals surface area contributed by atoms with Gasteiger partial charge in [-0.05, 0) is 42.7 Å². The molecule has 2 aromatic rings. The summed E-state index contributed by atoms with van der Waals surface area (Å²) in [5.74, 6) is -0.137. The summed E-state index contributed by atoms with van der Waals surface area (Å²) >= 11 is 0. The molecule has 1 aliphatic heterocycles. The third-order valence-electron chi connectivity index (χ3n) is 4.64. The molecule has 0 aromatic carbocycles. The monoisotopic (exact) mass is 341 g/mol. The maximum Gasteiger partial charge on any atom is 0.303 e. The molecule has 0 amide bonds. The van der Waals surface area contributed by atoms with E-state index in [-0.39, 0.29) is 18.4 Å². The lowest BCUT2D eigenvalue weighted by atomic mass is 9.91. The molecule has 1 saturated heterocycles. The molecule has 3 rings (SSSR count). The summed E-state index contributed by atoms with van der Waals surface area (Å²) in [6, 6.07) is 5.71. The van der Waals surface area contributed by atoms with E-state index < -0.39 is 5.97 Å². The van der Waals surface area contributed by atoms with Gasteiger partial charge >= 0.3 is 5.97 Å². The van der Waals surface area contributed by atoms with Crippen LogP contribution in [0.15, 0.2) is 43.0 Å². The summed E-state index contributed by atoms with van der Waals surface area (Å²) in [7, 11) is 0. The Kier molecular flexibility index (Phi) is 5.60. The molecule has 0 radical (unpaired) electrons. The minimum Gasteiger partial charge on any atom is -0.488 e. The van der Waals surface area contributed by atoms with E-state index in [0.29, 0.717) is 12.3 Å². The predicted octanol–water partition coefficient (Wildman–Crippen LogP) is 2.53. The second kappa shape index (κ2) is 8.07. The Bertz CT molecular complexity index is 708. The molecule has 1 N–H and O–H groups in total. The largest absolute Gasteiger partial charge is 0.488 e. The van der Waals surface area contributed by atoms with Gasteiger partial charge in [-0.1, -0.05) is 0 Å². The van der Waals surface area contributed by atoms with Crippen molar-refractivity contribution in [3.63, 3.8) is 0 Å². The number of nitrogens with zero attached hydrogens (tertiary/aromatic N) is 3. The number of likely N-dealkylation sites (tertiary alicyclic amines) is 1. The molecule has 1 fully saturated rings. The summed E-state index contributed by atoms with van der Waals surface area (Å²) in [6.45, 7) is 4.45. The molecule has 25 heavy (non-hydrogen) atoms. The van der Waals surface area contributed by atoms with Crippen molar-refractivity contribution in [3.05, 3.63) is 54.1 Å².